The fraction of sp³-hybridized carbons (Fsp3) is 1.00. The van der Waals surface area contributed by atoms with Crippen LogP contribution in [0.25, 0.3) is 0 Å². The minimum absolute atomic E-state index is 0.604. The summed E-state index contributed by atoms with van der Waals surface area (Å²) in [6.45, 7) is 16.0. The fourth-order valence-electron chi connectivity index (χ4n) is 6.19. The van der Waals surface area contributed by atoms with E-state index in [4.69, 9.17) is 9.47 Å². The molecule has 0 saturated carbocycles. The van der Waals surface area contributed by atoms with Crippen LogP contribution in [0.15, 0.2) is 0 Å². The monoisotopic (exact) mass is 662 g/mol. The predicted molar refractivity (Wildman–Crippen MR) is 204 cm³/mol. The molecular weight excluding hydrogens is 585 g/mol. The molecule has 0 fully saturated rings. The Morgan fingerprint density at radius 2 is 0.690 bits per heavy atom. The summed E-state index contributed by atoms with van der Waals surface area (Å²) >= 11 is 0. The molecule has 0 aromatic rings. The lowest BCUT2D eigenvalue weighted by molar-refractivity contribution is 0.0959. The first-order chi connectivity index (χ1) is 20.7. The zero-order valence-corrected chi connectivity index (χ0v) is 33.7. The molecule has 0 saturated heterocycles. The summed E-state index contributed by atoms with van der Waals surface area (Å²) < 4.78 is 13.5. The predicted octanol–water partition coefficient (Wildman–Crippen LogP) is 12.6. The molecule has 42 heavy (non-hydrogen) atoms. The molecule has 0 aliphatic carbocycles. The summed E-state index contributed by atoms with van der Waals surface area (Å²) in [6.07, 6.45) is 27.1. The van der Waals surface area contributed by atoms with Crippen molar-refractivity contribution in [2.24, 2.45) is 0 Å². The molecule has 0 rings (SSSR count). The van der Waals surface area contributed by atoms with Gasteiger partial charge in [0.05, 0.1) is 17.6 Å². The van der Waals surface area contributed by atoms with Crippen LogP contribution in [0.2, 0.25) is 24.2 Å². The van der Waals surface area contributed by atoms with Gasteiger partial charge in [-0.25, -0.2) is 0 Å². The fourth-order valence-corrected chi connectivity index (χ4v) is 16.3. The minimum atomic E-state index is -0.859. The molecule has 6 heteroatoms. The van der Waals surface area contributed by atoms with E-state index in [2.05, 4.69) is 63.1 Å². The summed E-state index contributed by atoms with van der Waals surface area (Å²) in [4.78, 5) is 0. The van der Waals surface area contributed by atoms with Gasteiger partial charge in [-0.1, -0.05) is 190 Å². The Morgan fingerprint density at radius 1 is 0.405 bits per heavy atom. The summed E-state index contributed by atoms with van der Waals surface area (Å²) in [6, 6.07) is 6.03. The quantitative estimate of drug-likeness (QED) is 0.0382. The van der Waals surface area contributed by atoms with Gasteiger partial charge in [-0.15, -0.1) is 0 Å². The summed E-state index contributed by atoms with van der Waals surface area (Å²) in [5, 5.41) is 0. The van der Waals surface area contributed by atoms with Crippen molar-refractivity contribution in [2.75, 3.05) is 24.7 Å². The largest absolute Gasteiger partial charge is 0.382 e. The summed E-state index contributed by atoms with van der Waals surface area (Å²) in [5.74, 6) is 2.54. The van der Waals surface area contributed by atoms with Crippen molar-refractivity contribution in [2.45, 2.75) is 206 Å². The van der Waals surface area contributed by atoms with Gasteiger partial charge in [-0.3, -0.25) is 0 Å². The lowest BCUT2D eigenvalue weighted by atomic mass is 10.3. The number of unbranched alkanes of at least 4 members (excludes halogenated alkanes) is 12. The highest BCUT2D eigenvalue weighted by atomic mass is 33.1. The van der Waals surface area contributed by atoms with Crippen LogP contribution in [0.4, 0.5) is 0 Å². The van der Waals surface area contributed by atoms with Gasteiger partial charge in [0.15, 0.2) is 0 Å². The van der Waals surface area contributed by atoms with Crippen LogP contribution in [0, 0.1) is 0 Å². The van der Waals surface area contributed by atoms with Crippen LogP contribution in [-0.2, 0) is 9.47 Å². The van der Waals surface area contributed by atoms with E-state index in [-0.39, 0.29) is 0 Å². The van der Waals surface area contributed by atoms with E-state index < -0.39 is 17.6 Å². The second-order valence-electron chi connectivity index (χ2n) is 13.0. The zero-order valence-electron chi connectivity index (χ0n) is 29.7. The van der Waals surface area contributed by atoms with Gasteiger partial charge in [0.1, 0.15) is 0 Å². The molecular formula is C36H78O2S2Si2. The lowest BCUT2D eigenvalue weighted by Gasteiger charge is -2.27. The Morgan fingerprint density at radius 3 is 0.976 bits per heavy atom. The normalized spacial score (nSPS) is 13.4. The highest BCUT2D eigenvalue weighted by Crippen LogP contribution is 2.29. The molecule has 0 radical (unpaired) electrons. The third-order valence-electron chi connectivity index (χ3n) is 8.98. The third kappa shape index (κ3) is 26.3. The van der Waals surface area contributed by atoms with Crippen molar-refractivity contribution < 1.29 is 9.47 Å². The molecule has 2 nitrogen and oxygen atoms in total. The Balaban J connectivity index is 4.97. The highest BCUT2D eigenvalue weighted by Gasteiger charge is 2.25. The zero-order chi connectivity index (χ0) is 30.9. The molecule has 254 valence electrons. The van der Waals surface area contributed by atoms with Gasteiger partial charge >= 0.3 is 0 Å². The molecule has 0 aliphatic rings. The van der Waals surface area contributed by atoms with E-state index in [0.717, 1.165) is 13.2 Å². The molecule has 0 amide bonds. The van der Waals surface area contributed by atoms with E-state index in [0.29, 0.717) is 11.5 Å². The molecule has 0 bridgehead atoms. The average molecular weight is 663 g/mol. The summed E-state index contributed by atoms with van der Waals surface area (Å²) in [7, 11) is 2.58. The smallest absolute Gasteiger partial charge is 0.0717 e. The molecule has 0 heterocycles. The van der Waals surface area contributed by atoms with Crippen LogP contribution < -0.4 is 0 Å². The Kier molecular flexibility index (Phi) is 35.8. The summed E-state index contributed by atoms with van der Waals surface area (Å²) in [5.41, 5.74) is 1.21. The first-order valence-corrected chi connectivity index (χ1v) is 26.2. The van der Waals surface area contributed by atoms with Crippen molar-refractivity contribution in [3.63, 3.8) is 0 Å². The van der Waals surface area contributed by atoms with Crippen LogP contribution in [0.1, 0.15) is 170 Å². The number of hydrogen-bond donors (Lipinski definition) is 0. The molecule has 0 aliphatic heterocycles. The van der Waals surface area contributed by atoms with Crippen molar-refractivity contribution in [1.29, 1.82) is 0 Å². The minimum Gasteiger partial charge on any atom is -0.382 e. The number of hydrogen-bond acceptors (Lipinski definition) is 4. The van der Waals surface area contributed by atoms with Gasteiger partial charge in [-0.2, -0.15) is 0 Å². The van der Waals surface area contributed by atoms with E-state index in [1.54, 1.807) is 0 Å². The molecule has 0 aromatic heterocycles. The van der Waals surface area contributed by atoms with Crippen LogP contribution in [-0.4, -0.2) is 53.8 Å². The van der Waals surface area contributed by atoms with Gasteiger partial charge < -0.3 is 9.47 Å². The van der Waals surface area contributed by atoms with Crippen molar-refractivity contribution >= 4 is 39.2 Å². The van der Waals surface area contributed by atoms with E-state index in [1.807, 2.05) is 0 Å². The molecule has 0 spiro atoms. The van der Waals surface area contributed by atoms with E-state index in [1.165, 1.54) is 164 Å². The second-order valence-corrected chi connectivity index (χ2v) is 22.5. The second kappa shape index (κ2) is 34.9. The SMILES string of the molecule is CCCCCOC(CCSSCCC(OCCCCC)[SiH](CCCCC)CCCCC)[SiH](CCCCC)CCCCC. The van der Waals surface area contributed by atoms with Crippen molar-refractivity contribution in [3.05, 3.63) is 0 Å². The van der Waals surface area contributed by atoms with E-state index >= 15 is 0 Å². The average Bonchev–Trinajstić information content (AvgIpc) is 3.00. The topological polar surface area (TPSA) is 18.5 Å². The molecule has 2 atom stereocenters. The van der Waals surface area contributed by atoms with Gasteiger partial charge in [-0.05, 0) is 25.7 Å². The maximum Gasteiger partial charge on any atom is 0.0717 e. The number of rotatable bonds is 35. The van der Waals surface area contributed by atoms with Crippen LogP contribution in [0.5, 0.6) is 0 Å². The van der Waals surface area contributed by atoms with Crippen molar-refractivity contribution in [1.82, 2.24) is 0 Å². The van der Waals surface area contributed by atoms with E-state index in [9.17, 15) is 0 Å². The highest BCUT2D eigenvalue weighted by molar-refractivity contribution is 8.76. The Bertz CT molecular complexity index is 451. The third-order valence-corrected chi connectivity index (χ3v) is 19.2. The molecule has 2 unspecified atom stereocenters. The standard InChI is InChI=1S/C36H78O2S2Si2/c1-7-13-19-27-37-35(41(31-21-15-9-3)32-22-16-10-4)25-29-39-40-30-26-36(38-28-20-14-8-2)42(33-23-17-11-5)34-24-18-12-6/h35-36,41-42H,7-34H2,1-6H3. The molecule has 0 N–H and O–H groups in total. The lowest BCUT2D eigenvalue weighted by Crippen LogP contribution is -2.34. The van der Waals surface area contributed by atoms with Gasteiger partial charge in [0.2, 0.25) is 0 Å². The van der Waals surface area contributed by atoms with Crippen LogP contribution in [0.3, 0.4) is 0 Å². The van der Waals surface area contributed by atoms with Gasteiger partial charge in [0.25, 0.3) is 0 Å². The first-order valence-electron chi connectivity index (χ1n) is 19.2. The maximum atomic E-state index is 6.73. The van der Waals surface area contributed by atoms with Crippen LogP contribution >= 0.6 is 21.6 Å². The van der Waals surface area contributed by atoms with Crippen molar-refractivity contribution in [3.8, 4) is 0 Å². The molecule has 0 aromatic carbocycles. The van der Waals surface area contributed by atoms with Gasteiger partial charge in [0, 0.05) is 36.2 Å². The number of ether oxygens (including phenoxy) is 2. The first kappa shape index (κ1) is 43.1. The Hall–Kier alpha value is 1.05. The maximum absolute atomic E-state index is 6.73. The Labute approximate surface area is 277 Å².